The van der Waals surface area contributed by atoms with Crippen molar-refractivity contribution in [1.29, 1.82) is 0 Å². The summed E-state index contributed by atoms with van der Waals surface area (Å²) in [4.78, 5) is 46.5. The van der Waals surface area contributed by atoms with Gasteiger partial charge in [-0.25, -0.2) is 9.59 Å². The molecule has 2 aromatic carbocycles. The molecular weight excluding hydrogens is 537 g/mol. The highest BCUT2D eigenvalue weighted by Crippen LogP contribution is 2.30. The molecular formula is C32H42O6Si2. The third kappa shape index (κ3) is 7.10. The van der Waals surface area contributed by atoms with Crippen LogP contribution in [0.3, 0.4) is 0 Å². The fourth-order valence-electron chi connectivity index (χ4n) is 5.29. The molecule has 1 atom stereocenters. The lowest BCUT2D eigenvalue weighted by atomic mass is 9.95. The maximum atomic E-state index is 12.7. The largest absolute Gasteiger partial charge is 0.373 e. The van der Waals surface area contributed by atoms with Gasteiger partial charge in [-0.2, -0.15) is 9.78 Å². The Kier molecular flexibility index (Phi) is 11.7. The minimum absolute atomic E-state index is 0.396. The van der Waals surface area contributed by atoms with Gasteiger partial charge in [-0.05, 0) is 49.9 Å². The second-order valence-corrected chi connectivity index (χ2v) is 19.7. The first-order valence-corrected chi connectivity index (χ1v) is 19.2. The summed E-state index contributed by atoms with van der Waals surface area (Å²) < 4.78 is 0. The zero-order chi connectivity index (χ0) is 29.2. The van der Waals surface area contributed by atoms with Gasteiger partial charge in [0.2, 0.25) is 0 Å². The SMILES string of the molecule is C=C[Si](CC)(CC)c1ccc(C(=O)OO[C]2CC[CH]CC2OOC(=O)c2ccc([Si](C=C)(CC)CC)cc2)cc1. The van der Waals surface area contributed by atoms with Gasteiger partial charge in [0.1, 0.15) is 22.3 Å². The maximum absolute atomic E-state index is 12.7. The van der Waals surface area contributed by atoms with Crippen LogP contribution in [0.5, 0.6) is 0 Å². The van der Waals surface area contributed by atoms with Gasteiger partial charge in [0.05, 0.1) is 11.1 Å². The summed E-state index contributed by atoms with van der Waals surface area (Å²) in [6.45, 7) is 16.9. The normalized spacial score (nSPS) is 16.2. The van der Waals surface area contributed by atoms with E-state index in [1.54, 1.807) is 24.3 Å². The van der Waals surface area contributed by atoms with Crippen molar-refractivity contribution >= 4 is 38.5 Å². The van der Waals surface area contributed by atoms with Gasteiger partial charge in [0.15, 0.2) is 6.10 Å². The fraction of sp³-hybridized carbons (Fsp3) is 0.375. The maximum Gasteiger partial charge on any atom is 0.373 e. The Balaban J connectivity index is 1.56. The highest BCUT2D eigenvalue weighted by atomic mass is 28.3. The average molecular weight is 579 g/mol. The Morgan fingerprint density at radius 1 is 0.775 bits per heavy atom. The average Bonchev–Trinajstić information content (AvgIpc) is 3.02. The summed E-state index contributed by atoms with van der Waals surface area (Å²) in [5.41, 5.74) is 5.01. The van der Waals surface area contributed by atoms with Crippen LogP contribution >= 0.6 is 0 Å². The molecule has 0 saturated heterocycles. The molecule has 0 spiro atoms. The van der Waals surface area contributed by atoms with Crippen LogP contribution in [0, 0.1) is 12.5 Å². The van der Waals surface area contributed by atoms with Gasteiger partial charge >= 0.3 is 11.9 Å². The molecule has 3 rings (SSSR count). The number of hydrogen-bond donors (Lipinski definition) is 0. The Bertz CT molecular complexity index is 1050. The third-order valence-electron chi connectivity index (χ3n) is 8.50. The van der Waals surface area contributed by atoms with Crippen molar-refractivity contribution in [3.63, 3.8) is 0 Å². The first-order valence-electron chi connectivity index (χ1n) is 14.2. The lowest BCUT2D eigenvalue weighted by Gasteiger charge is -2.27. The predicted octanol–water partition coefficient (Wildman–Crippen LogP) is 6.69. The van der Waals surface area contributed by atoms with Crippen LogP contribution in [0.4, 0.5) is 0 Å². The number of carbonyl (C=O) groups is 2. The molecule has 1 fully saturated rings. The molecule has 1 aliphatic rings. The monoisotopic (exact) mass is 578 g/mol. The summed E-state index contributed by atoms with van der Waals surface area (Å²) in [7, 11) is -3.51. The van der Waals surface area contributed by atoms with E-state index < -0.39 is 34.2 Å². The molecule has 6 nitrogen and oxygen atoms in total. The van der Waals surface area contributed by atoms with Crippen LogP contribution in [-0.4, -0.2) is 34.2 Å². The van der Waals surface area contributed by atoms with Crippen molar-refractivity contribution in [3.8, 4) is 0 Å². The topological polar surface area (TPSA) is 71.1 Å². The van der Waals surface area contributed by atoms with Crippen LogP contribution in [0.2, 0.25) is 24.2 Å². The van der Waals surface area contributed by atoms with Crippen LogP contribution in [0.25, 0.3) is 0 Å². The van der Waals surface area contributed by atoms with Gasteiger partial charge in [-0.1, -0.05) is 97.9 Å². The van der Waals surface area contributed by atoms with E-state index in [1.165, 1.54) is 10.4 Å². The number of benzene rings is 2. The molecule has 2 aromatic rings. The van der Waals surface area contributed by atoms with Crippen molar-refractivity contribution < 1.29 is 29.1 Å². The fourth-order valence-corrected chi connectivity index (χ4v) is 11.2. The Labute approximate surface area is 241 Å². The molecule has 0 bridgehead atoms. The molecule has 1 aliphatic carbocycles. The second-order valence-electron chi connectivity index (χ2n) is 10.2. The molecule has 1 unspecified atom stereocenters. The van der Waals surface area contributed by atoms with Crippen LogP contribution in [0.15, 0.2) is 73.1 Å². The van der Waals surface area contributed by atoms with E-state index in [1.807, 2.05) is 30.7 Å². The first kappa shape index (κ1) is 31.7. The van der Waals surface area contributed by atoms with Crippen molar-refractivity contribution in [3.05, 3.63) is 96.7 Å². The molecule has 8 heteroatoms. The predicted molar refractivity (Wildman–Crippen MR) is 164 cm³/mol. The first-order chi connectivity index (χ1) is 19.3. The van der Waals surface area contributed by atoms with Crippen LogP contribution in [0.1, 0.15) is 67.7 Å². The summed E-state index contributed by atoms with van der Waals surface area (Å²) in [6, 6.07) is 19.2. The lowest BCUT2D eigenvalue weighted by molar-refractivity contribution is -0.317. The summed E-state index contributed by atoms with van der Waals surface area (Å²) >= 11 is 0. The zero-order valence-electron chi connectivity index (χ0n) is 24.2. The molecule has 2 radical (unpaired) electrons. The van der Waals surface area contributed by atoms with Crippen molar-refractivity contribution in [2.45, 2.75) is 77.2 Å². The minimum atomic E-state index is -1.75. The van der Waals surface area contributed by atoms with E-state index >= 15 is 0 Å². The van der Waals surface area contributed by atoms with Gasteiger partial charge in [-0.15, -0.1) is 13.2 Å². The smallest absolute Gasteiger partial charge is 0.292 e. The van der Waals surface area contributed by atoms with Crippen molar-refractivity contribution in [2.75, 3.05) is 0 Å². The van der Waals surface area contributed by atoms with E-state index in [0.717, 1.165) is 30.6 Å². The molecule has 1 saturated carbocycles. The number of rotatable bonds is 14. The molecule has 0 amide bonds. The lowest BCUT2D eigenvalue weighted by Crippen LogP contribution is -2.44. The van der Waals surface area contributed by atoms with Crippen molar-refractivity contribution in [2.24, 2.45) is 0 Å². The van der Waals surface area contributed by atoms with Crippen molar-refractivity contribution in [1.82, 2.24) is 0 Å². The molecule has 214 valence electrons. The van der Waals surface area contributed by atoms with Gasteiger partial charge < -0.3 is 0 Å². The number of hydrogen-bond acceptors (Lipinski definition) is 6. The van der Waals surface area contributed by atoms with Gasteiger partial charge in [-0.3, -0.25) is 9.78 Å². The second kappa shape index (κ2) is 14.7. The highest BCUT2D eigenvalue weighted by molar-refractivity contribution is 6.96. The molecule has 0 N–H and O–H groups in total. The van der Waals surface area contributed by atoms with Gasteiger partial charge in [0, 0.05) is 0 Å². The molecule has 0 heterocycles. The van der Waals surface area contributed by atoms with E-state index in [0.29, 0.717) is 30.1 Å². The van der Waals surface area contributed by atoms with E-state index in [4.69, 9.17) is 19.6 Å². The summed E-state index contributed by atoms with van der Waals surface area (Å²) in [6.07, 6.45) is 3.46. The number of carbonyl (C=O) groups excluding carboxylic acids is 2. The van der Waals surface area contributed by atoms with Crippen LogP contribution in [-0.2, 0) is 19.6 Å². The van der Waals surface area contributed by atoms with E-state index in [9.17, 15) is 9.59 Å². The molecule has 40 heavy (non-hydrogen) atoms. The van der Waals surface area contributed by atoms with E-state index in [-0.39, 0.29) is 0 Å². The molecule has 0 aliphatic heterocycles. The third-order valence-corrected chi connectivity index (χ3v) is 18.1. The Morgan fingerprint density at radius 2 is 1.23 bits per heavy atom. The summed E-state index contributed by atoms with van der Waals surface area (Å²) in [5.74, 6) is -1.19. The highest BCUT2D eigenvalue weighted by Gasteiger charge is 2.33. The Hall–Kier alpha value is -2.79. The minimum Gasteiger partial charge on any atom is -0.292 e. The van der Waals surface area contributed by atoms with Crippen LogP contribution < -0.4 is 10.4 Å². The standard InChI is InChI=1S/C32H42O6Si2/c1-7-39(8-2,9-3)27-21-17-25(18-22-27)31(33)37-35-29-15-13-14-16-30(29)36-38-32(34)26-19-23-28(24-20-26)40(10-4,11-5)12-6/h7,10,13,17-24,29H,1,4,8-9,11-12,14-16H2,2-3,5-6H3. The van der Waals surface area contributed by atoms with E-state index in [2.05, 4.69) is 52.3 Å². The molecule has 0 aromatic heterocycles. The zero-order valence-corrected chi connectivity index (χ0v) is 26.2. The quantitative estimate of drug-likeness (QED) is 0.141. The summed E-state index contributed by atoms with van der Waals surface area (Å²) in [5, 5.41) is 2.48. The Morgan fingerprint density at radius 3 is 1.65 bits per heavy atom. The van der Waals surface area contributed by atoms with Gasteiger partial charge in [0.25, 0.3) is 0 Å².